The van der Waals surface area contributed by atoms with Gasteiger partial charge in [-0.1, -0.05) is 0 Å². The molecule has 0 atom stereocenters. The summed E-state index contributed by atoms with van der Waals surface area (Å²) >= 11 is 3.08. The van der Waals surface area contributed by atoms with Gasteiger partial charge in [0.05, 0.1) is 16.1 Å². The number of rotatable bonds is 2. The van der Waals surface area contributed by atoms with E-state index in [1.165, 1.54) is 6.07 Å². The number of hydrogen-bond donors (Lipinski definition) is 2. The number of carbonyl (C=O) groups excluding carboxylic acids is 1. The number of hydrogen-bond acceptors (Lipinski definition) is 2. The Kier molecular flexibility index (Phi) is 4.55. The molecule has 0 saturated heterocycles. The Balaban J connectivity index is 2.08. The van der Waals surface area contributed by atoms with Crippen LogP contribution >= 0.6 is 15.9 Å². The lowest BCUT2D eigenvalue weighted by Gasteiger charge is -2.11. The van der Waals surface area contributed by atoms with Crippen molar-refractivity contribution in [3.8, 4) is 6.07 Å². The first-order chi connectivity index (χ1) is 9.99. The van der Waals surface area contributed by atoms with Crippen molar-refractivity contribution >= 4 is 33.3 Å². The maximum atomic E-state index is 13.5. The molecule has 0 spiro atoms. The number of amides is 2. The second kappa shape index (κ2) is 6.37. The van der Waals surface area contributed by atoms with Gasteiger partial charge in [0.15, 0.2) is 0 Å². The third-order valence-electron chi connectivity index (χ3n) is 2.79. The summed E-state index contributed by atoms with van der Waals surface area (Å²) in [6.07, 6.45) is 0. The van der Waals surface area contributed by atoms with Crippen LogP contribution in [0.2, 0.25) is 0 Å². The topological polar surface area (TPSA) is 64.9 Å². The molecule has 21 heavy (non-hydrogen) atoms. The highest BCUT2D eigenvalue weighted by Gasteiger charge is 2.08. The number of halogens is 2. The lowest BCUT2D eigenvalue weighted by Crippen LogP contribution is -2.20. The monoisotopic (exact) mass is 347 g/mol. The number of anilines is 2. The summed E-state index contributed by atoms with van der Waals surface area (Å²) in [5, 5.41) is 13.9. The van der Waals surface area contributed by atoms with Crippen LogP contribution in [-0.4, -0.2) is 6.03 Å². The summed E-state index contributed by atoms with van der Waals surface area (Å²) in [5.41, 5.74) is 2.17. The molecule has 2 amide bonds. The van der Waals surface area contributed by atoms with Gasteiger partial charge in [-0.25, -0.2) is 9.18 Å². The molecule has 0 aliphatic heterocycles. The van der Waals surface area contributed by atoms with Gasteiger partial charge in [-0.05, 0) is 64.8 Å². The molecule has 0 saturated carbocycles. The molecule has 0 aliphatic carbocycles. The van der Waals surface area contributed by atoms with Gasteiger partial charge < -0.3 is 10.6 Å². The summed E-state index contributed by atoms with van der Waals surface area (Å²) in [5.74, 6) is -0.450. The van der Waals surface area contributed by atoms with Crippen LogP contribution in [-0.2, 0) is 0 Å². The van der Waals surface area contributed by atoms with Crippen molar-refractivity contribution < 1.29 is 9.18 Å². The lowest BCUT2D eigenvalue weighted by molar-refractivity contribution is 0.262. The van der Waals surface area contributed by atoms with E-state index in [9.17, 15) is 9.18 Å². The van der Waals surface area contributed by atoms with Crippen LogP contribution in [0.25, 0.3) is 0 Å². The van der Waals surface area contributed by atoms with E-state index in [2.05, 4.69) is 26.6 Å². The van der Waals surface area contributed by atoms with Crippen molar-refractivity contribution in [2.24, 2.45) is 0 Å². The van der Waals surface area contributed by atoms with Crippen molar-refractivity contribution in [3.63, 3.8) is 0 Å². The fourth-order valence-electron chi connectivity index (χ4n) is 1.69. The number of nitrogens with one attached hydrogen (secondary N) is 2. The Bertz CT molecular complexity index is 723. The maximum absolute atomic E-state index is 13.5. The van der Waals surface area contributed by atoms with Crippen molar-refractivity contribution in [1.29, 1.82) is 5.26 Å². The summed E-state index contributed by atoms with van der Waals surface area (Å²) in [7, 11) is 0. The second-order valence-electron chi connectivity index (χ2n) is 4.35. The first kappa shape index (κ1) is 15.0. The molecule has 0 radical (unpaired) electrons. The molecular formula is C15H11BrFN3O. The van der Waals surface area contributed by atoms with Crippen LogP contribution in [0.15, 0.2) is 40.9 Å². The molecule has 0 aromatic heterocycles. The smallest absolute Gasteiger partial charge is 0.308 e. The van der Waals surface area contributed by atoms with Crippen LogP contribution in [0.5, 0.6) is 0 Å². The first-order valence-electron chi connectivity index (χ1n) is 6.03. The molecule has 0 unspecified atom stereocenters. The Labute approximate surface area is 129 Å². The van der Waals surface area contributed by atoms with Gasteiger partial charge in [-0.2, -0.15) is 5.26 Å². The van der Waals surface area contributed by atoms with Crippen molar-refractivity contribution in [2.75, 3.05) is 10.6 Å². The van der Waals surface area contributed by atoms with E-state index in [4.69, 9.17) is 5.26 Å². The van der Waals surface area contributed by atoms with Gasteiger partial charge in [0.1, 0.15) is 5.82 Å². The standard InChI is InChI=1S/C15H11BrFN3O/c1-9-6-12(16)13(17)7-14(9)20-15(21)19-11-4-2-10(8-18)3-5-11/h2-7H,1H3,(H2,19,20,21). The van der Waals surface area contributed by atoms with E-state index in [1.54, 1.807) is 37.3 Å². The molecule has 0 aliphatic rings. The van der Waals surface area contributed by atoms with Crippen LogP contribution in [0.3, 0.4) is 0 Å². The summed E-state index contributed by atoms with van der Waals surface area (Å²) < 4.78 is 13.8. The van der Waals surface area contributed by atoms with Crippen LogP contribution < -0.4 is 10.6 Å². The molecule has 2 aromatic rings. The van der Waals surface area contributed by atoms with Gasteiger partial charge in [0.2, 0.25) is 0 Å². The lowest BCUT2D eigenvalue weighted by atomic mass is 10.2. The minimum atomic E-state index is -0.482. The Hall–Kier alpha value is -2.39. The van der Waals surface area contributed by atoms with Gasteiger partial charge >= 0.3 is 6.03 Å². The van der Waals surface area contributed by atoms with E-state index >= 15 is 0 Å². The Morgan fingerprint density at radius 1 is 1.24 bits per heavy atom. The number of nitrogens with zero attached hydrogens (tertiary/aromatic N) is 1. The largest absolute Gasteiger partial charge is 0.323 e. The number of nitriles is 1. The van der Waals surface area contributed by atoms with E-state index in [-0.39, 0.29) is 0 Å². The molecule has 6 heteroatoms. The predicted octanol–water partition coefficient (Wildman–Crippen LogP) is 4.41. The second-order valence-corrected chi connectivity index (χ2v) is 5.20. The molecule has 0 fully saturated rings. The van der Waals surface area contributed by atoms with Gasteiger partial charge in [0.25, 0.3) is 0 Å². The number of carbonyl (C=O) groups is 1. The minimum absolute atomic E-state index is 0.345. The highest BCUT2D eigenvalue weighted by molar-refractivity contribution is 9.10. The van der Waals surface area contributed by atoms with Gasteiger partial charge in [-0.15, -0.1) is 0 Å². The van der Waals surface area contributed by atoms with E-state index in [1.807, 2.05) is 6.07 Å². The number of urea groups is 1. The summed E-state index contributed by atoms with van der Waals surface area (Å²) in [4.78, 5) is 11.9. The summed E-state index contributed by atoms with van der Waals surface area (Å²) in [6, 6.07) is 10.8. The molecule has 2 N–H and O–H groups in total. The minimum Gasteiger partial charge on any atom is -0.308 e. The quantitative estimate of drug-likeness (QED) is 0.844. The van der Waals surface area contributed by atoms with E-state index in [0.717, 1.165) is 5.56 Å². The van der Waals surface area contributed by atoms with Crippen LogP contribution in [0, 0.1) is 24.1 Å². The van der Waals surface area contributed by atoms with Crippen LogP contribution in [0.4, 0.5) is 20.6 Å². The highest BCUT2D eigenvalue weighted by atomic mass is 79.9. The SMILES string of the molecule is Cc1cc(Br)c(F)cc1NC(=O)Nc1ccc(C#N)cc1. The predicted molar refractivity (Wildman–Crippen MR) is 82.6 cm³/mol. The average Bonchev–Trinajstić information content (AvgIpc) is 2.45. The van der Waals surface area contributed by atoms with E-state index in [0.29, 0.717) is 21.4 Å². The molecule has 2 rings (SSSR count). The fraction of sp³-hybridized carbons (Fsp3) is 0.0667. The molecule has 4 nitrogen and oxygen atoms in total. The zero-order valence-corrected chi connectivity index (χ0v) is 12.7. The summed E-state index contributed by atoms with van der Waals surface area (Å²) in [6.45, 7) is 1.77. The van der Waals surface area contributed by atoms with Gasteiger partial charge in [0, 0.05) is 11.4 Å². The average molecular weight is 348 g/mol. The molecular weight excluding hydrogens is 337 g/mol. The molecule has 106 valence electrons. The molecule has 0 bridgehead atoms. The van der Waals surface area contributed by atoms with Gasteiger partial charge in [-0.3, -0.25) is 0 Å². The maximum Gasteiger partial charge on any atom is 0.323 e. The third kappa shape index (κ3) is 3.80. The Morgan fingerprint density at radius 2 is 1.90 bits per heavy atom. The van der Waals surface area contributed by atoms with Crippen molar-refractivity contribution in [3.05, 3.63) is 57.8 Å². The molecule has 2 aromatic carbocycles. The first-order valence-corrected chi connectivity index (χ1v) is 6.82. The highest BCUT2D eigenvalue weighted by Crippen LogP contribution is 2.24. The Morgan fingerprint density at radius 3 is 2.52 bits per heavy atom. The fourth-order valence-corrected chi connectivity index (χ4v) is 2.15. The van der Waals surface area contributed by atoms with E-state index < -0.39 is 11.8 Å². The number of benzene rings is 2. The third-order valence-corrected chi connectivity index (χ3v) is 3.40. The van der Waals surface area contributed by atoms with Crippen molar-refractivity contribution in [1.82, 2.24) is 0 Å². The zero-order chi connectivity index (χ0) is 15.4. The normalized spacial score (nSPS) is 9.81. The number of aryl methyl sites for hydroxylation is 1. The zero-order valence-electron chi connectivity index (χ0n) is 11.1. The van der Waals surface area contributed by atoms with Crippen LogP contribution in [0.1, 0.15) is 11.1 Å². The van der Waals surface area contributed by atoms with Crippen molar-refractivity contribution in [2.45, 2.75) is 6.92 Å². The molecule has 0 heterocycles.